The zero-order chi connectivity index (χ0) is 19.5. The fraction of sp³-hybridized carbons (Fsp3) is 0.273. The van der Waals surface area contributed by atoms with Gasteiger partial charge in [0.25, 0.3) is 0 Å². The van der Waals surface area contributed by atoms with Crippen LogP contribution in [0.2, 0.25) is 0 Å². The molecule has 1 atom stereocenters. The first-order valence-electron chi connectivity index (χ1n) is 9.37. The first kappa shape index (κ1) is 18.1. The number of amides is 2. The lowest BCUT2D eigenvalue weighted by atomic mass is 10.1. The third-order valence-corrected chi connectivity index (χ3v) is 5.23. The molecule has 0 saturated carbocycles. The van der Waals surface area contributed by atoms with Crippen LogP contribution in [0.15, 0.2) is 54.7 Å². The molecule has 28 heavy (non-hydrogen) atoms. The number of rotatable bonds is 6. The van der Waals surface area contributed by atoms with Gasteiger partial charge in [0.1, 0.15) is 5.75 Å². The summed E-state index contributed by atoms with van der Waals surface area (Å²) in [7, 11) is 1.62. The first-order valence-corrected chi connectivity index (χ1v) is 9.37. The lowest BCUT2D eigenvalue weighted by molar-refractivity contribution is -0.129. The Morgan fingerprint density at radius 1 is 1.25 bits per heavy atom. The van der Waals surface area contributed by atoms with E-state index in [1.807, 2.05) is 54.7 Å². The number of methoxy groups -OCH3 is 1. The van der Waals surface area contributed by atoms with Crippen LogP contribution in [0.25, 0.3) is 10.9 Å². The number of H-pyrrole nitrogens is 1. The SMILES string of the molecule is COc1ccccc1CN1C[C@@H](C(=O)NCc2ccc3cc[nH]c3c2)CC1=O. The average molecular weight is 377 g/mol. The fourth-order valence-electron chi connectivity index (χ4n) is 3.68. The summed E-state index contributed by atoms with van der Waals surface area (Å²) in [4.78, 5) is 29.9. The summed E-state index contributed by atoms with van der Waals surface area (Å²) in [5.41, 5.74) is 3.02. The Hall–Kier alpha value is -3.28. The van der Waals surface area contributed by atoms with Crippen molar-refractivity contribution in [1.82, 2.24) is 15.2 Å². The molecule has 0 aliphatic carbocycles. The normalized spacial score (nSPS) is 16.5. The summed E-state index contributed by atoms with van der Waals surface area (Å²) in [6.45, 7) is 1.33. The van der Waals surface area contributed by atoms with Crippen molar-refractivity contribution in [3.63, 3.8) is 0 Å². The Morgan fingerprint density at radius 2 is 2.11 bits per heavy atom. The number of carbonyl (C=O) groups is 2. The van der Waals surface area contributed by atoms with Gasteiger partial charge in [-0.1, -0.05) is 30.3 Å². The number of hydrogen-bond acceptors (Lipinski definition) is 3. The summed E-state index contributed by atoms with van der Waals surface area (Å²) in [6, 6.07) is 15.7. The number of benzene rings is 2. The predicted octanol–water partition coefficient (Wildman–Crippen LogP) is 2.84. The zero-order valence-electron chi connectivity index (χ0n) is 15.8. The molecule has 2 amide bonds. The van der Waals surface area contributed by atoms with Crippen LogP contribution in [0.3, 0.4) is 0 Å². The number of aromatic nitrogens is 1. The van der Waals surface area contributed by atoms with Crippen molar-refractivity contribution in [1.29, 1.82) is 0 Å². The third kappa shape index (κ3) is 3.71. The Morgan fingerprint density at radius 3 is 2.96 bits per heavy atom. The average Bonchev–Trinajstić information content (AvgIpc) is 3.33. The molecular weight excluding hydrogens is 354 g/mol. The van der Waals surface area contributed by atoms with Crippen LogP contribution in [0, 0.1) is 5.92 Å². The van der Waals surface area contributed by atoms with Crippen LogP contribution in [0.5, 0.6) is 5.75 Å². The van der Waals surface area contributed by atoms with Gasteiger partial charge in [-0.05, 0) is 29.1 Å². The molecule has 0 radical (unpaired) electrons. The Bertz CT molecular complexity index is 1010. The summed E-state index contributed by atoms with van der Waals surface area (Å²) in [6.07, 6.45) is 2.14. The van der Waals surface area contributed by atoms with E-state index in [0.29, 0.717) is 19.6 Å². The molecule has 0 bridgehead atoms. The highest BCUT2D eigenvalue weighted by Crippen LogP contribution is 2.25. The number of aromatic amines is 1. The molecule has 4 rings (SSSR count). The Balaban J connectivity index is 1.35. The van der Waals surface area contributed by atoms with Crippen molar-refractivity contribution in [2.75, 3.05) is 13.7 Å². The van der Waals surface area contributed by atoms with E-state index in [-0.39, 0.29) is 24.2 Å². The number of fused-ring (bicyclic) bond motifs is 1. The van der Waals surface area contributed by atoms with Gasteiger partial charge in [-0.3, -0.25) is 9.59 Å². The quantitative estimate of drug-likeness (QED) is 0.694. The van der Waals surface area contributed by atoms with Gasteiger partial charge in [0.2, 0.25) is 11.8 Å². The molecule has 1 saturated heterocycles. The minimum atomic E-state index is -0.323. The second-order valence-electron chi connectivity index (χ2n) is 7.10. The molecule has 6 nitrogen and oxygen atoms in total. The molecule has 3 aromatic rings. The summed E-state index contributed by atoms with van der Waals surface area (Å²) < 4.78 is 5.36. The van der Waals surface area contributed by atoms with E-state index in [0.717, 1.165) is 27.8 Å². The highest BCUT2D eigenvalue weighted by molar-refractivity contribution is 5.89. The number of carbonyl (C=O) groups excluding carboxylic acids is 2. The smallest absolute Gasteiger partial charge is 0.225 e. The van der Waals surface area contributed by atoms with Gasteiger partial charge in [-0.2, -0.15) is 0 Å². The molecule has 0 unspecified atom stereocenters. The van der Waals surface area contributed by atoms with E-state index in [2.05, 4.69) is 10.3 Å². The van der Waals surface area contributed by atoms with E-state index >= 15 is 0 Å². The number of nitrogens with zero attached hydrogens (tertiary/aromatic N) is 1. The molecule has 6 heteroatoms. The molecule has 144 valence electrons. The van der Waals surface area contributed by atoms with Gasteiger partial charge < -0.3 is 19.9 Å². The van der Waals surface area contributed by atoms with Crippen molar-refractivity contribution in [2.45, 2.75) is 19.5 Å². The van der Waals surface area contributed by atoms with E-state index < -0.39 is 0 Å². The maximum Gasteiger partial charge on any atom is 0.225 e. The fourth-order valence-corrected chi connectivity index (χ4v) is 3.68. The summed E-state index contributed by atoms with van der Waals surface area (Å²) in [5.74, 6) is 0.348. The maximum absolute atomic E-state index is 12.6. The van der Waals surface area contributed by atoms with Crippen LogP contribution in [0.1, 0.15) is 17.5 Å². The van der Waals surface area contributed by atoms with Crippen LogP contribution < -0.4 is 10.1 Å². The number of nitrogens with one attached hydrogen (secondary N) is 2. The van der Waals surface area contributed by atoms with Crippen molar-refractivity contribution in [3.8, 4) is 5.75 Å². The largest absolute Gasteiger partial charge is 0.496 e. The second-order valence-corrected chi connectivity index (χ2v) is 7.10. The van der Waals surface area contributed by atoms with Crippen LogP contribution >= 0.6 is 0 Å². The third-order valence-electron chi connectivity index (χ3n) is 5.23. The van der Waals surface area contributed by atoms with Gasteiger partial charge in [0, 0.05) is 43.3 Å². The minimum Gasteiger partial charge on any atom is -0.496 e. The lowest BCUT2D eigenvalue weighted by Gasteiger charge is -2.18. The van der Waals surface area contributed by atoms with Crippen molar-refractivity contribution < 1.29 is 14.3 Å². The molecule has 2 aromatic carbocycles. The topological polar surface area (TPSA) is 74.4 Å². The van der Waals surface area contributed by atoms with Crippen LogP contribution in [0.4, 0.5) is 0 Å². The Kier molecular flexibility index (Phi) is 5.02. The highest BCUT2D eigenvalue weighted by atomic mass is 16.5. The second kappa shape index (κ2) is 7.76. The predicted molar refractivity (Wildman–Crippen MR) is 107 cm³/mol. The van der Waals surface area contributed by atoms with Crippen LogP contribution in [-0.4, -0.2) is 35.4 Å². The van der Waals surface area contributed by atoms with Crippen molar-refractivity contribution in [3.05, 3.63) is 65.9 Å². The minimum absolute atomic E-state index is 0.00105. The summed E-state index contributed by atoms with van der Waals surface area (Å²) >= 11 is 0. The number of hydrogen-bond donors (Lipinski definition) is 2. The molecule has 2 heterocycles. The highest BCUT2D eigenvalue weighted by Gasteiger charge is 2.34. The molecular formula is C22H23N3O3. The Labute approximate surface area is 163 Å². The van der Waals surface area contributed by atoms with E-state index in [4.69, 9.17) is 4.74 Å². The molecule has 2 N–H and O–H groups in total. The lowest BCUT2D eigenvalue weighted by Crippen LogP contribution is -2.32. The van der Waals surface area contributed by atoms with Gasteiger partial charge in [-0.25, -0.2) is 0 Å². The van der Waals surface area contributed by atoms with Gasteiger partial charge in [0.05, 0.1) is 13.0 Å². The molecule has 1 aliphatic rings. The maximum atomic E-state index is 12.6. The van der Waals surface area contributed by atoms with Crippen molar-refractivity contribution >= 4 is 22.7 Å². The number of para-hydroxylation sites is 1. The molecule has 1 fully saturated rings. The molecule has 1 aliphatic heterocycles. The number of ether oxygens (including phenoxy) is 1. The molecule has 1 aromatic heterocycles. The summed E-state index contributed by atoms with van der Waals surface area (Å²) in [5, 5.41) is 4.11. The van der Waals surface area contributed by atoms with E-state index in [9.17, 15) is 9.59 Å². The van der Waals surface area contributed by atoms with Gasteiger partial charge in [-0.15, -0.1) is 0 Å². The van der Waals surface area contributed by atoms with Gasteiger partial charge >= 0.3 is 0 Å². The van der Waals surface area contributed by atoms with Crippen LogP contribution in [-0.2, 0) is 22.7 Å². The first-order chi connectivity index (χ1) is 13.6. The van der Waals surface area contributed by atoms with E-state index in [1.165, 1.54) is 0 Å². The molecule has 0 spiro atoms. The van der Waals surface area contributed by atoms with E-state index in [1.54, 1.807) is 12.0 Å². The standard InChI is InChI=1S/C22H23N3O3/c1-28-20-5-3-2-4-17(20)13-25-14-18(11-21(25)26)22(27)24-12-15-6-7-16-8-9-23-19(16)10-15/h2-10,18,23H,11-14H2,1H3,(H,24,27)/t18-/m0/s1. The zero-order valence-corrected chi connectivity index (χ0v) is 15.8. The number of likely N-dealkylation sites (tertiary alicyclic amines) is 1. The van der Waals surface area contributed by atoms with Crippen molar-refractivity contribution in [2.24, 2.45) is 5.92 Å². The van der Waals surface area contributed by atoms with Gasteiger partial charge in [0.15, 0.2) is 0 Å². The monoisotopic (exact) mass is 377 g/mol.